The zero-order valence-corrected chi connectivity index (χ0v) is 13.9. The fraction of sp³-hybridized carbons (Fsp3) is 0.562. The van der Waals surface area contributed by atoms with Crippen LogP contribution in [0.4, 0.5) is 0 Å². The first-order valence-corrected chi connectivity index (χ1v) is 8.03. The number of carbonyl (C=O) groups is 1. The summed E-state index contributed by atoms with van der Waals surface area (Å²) in [5, 5.41) is 3.25. The number of hydrogen-bond acceptors (Lipinski definition) is 4. The van der Waals surface area contributed by atoms with Gasteiger partial charge in [-0.25, -0.2) is 0 Å². The Morgan fingerprint density at radius 3 is 2.60 bits per heavy atom. The van der Waals surface area contributed by atoms with Gasteiger partial charge in [0.2, 0.25) is 0 Å². The maximum Gasteiger partial charge on any atom is 0.326 e. The number of benzene rings is 1. The van der Waals surface area contributed by atoms with Crippen LogP contribution >= 0.6 is 11.8 Å². The Hall–Kier alpha value is -1.00. The Labute approximate surface area is 126 Å². The highest BCUT2D eigenvalue weighted by Gasteiger charge is 2.33. The maximum absolute atomic E-state index is 12.1. The minimum Gasteiger partial charge on any atom is -0.465 e. The van der Waals surface area contributed by atoms with Crippen molar-refractivity contribution in [2.24, 2.45) is 0 Å². The molecule has 1 rings (SSSR count). The van der Waals surface area contributed by atoms with E-state index in [9.17, 15) is 4.79 Å². The zero-order valence-electron chi connectivity index (χ0n) is 13.1. The van der Waals surface area contributed by atoms with Crippen molar-refractivity contribution in [2.75, 3.05) is 18.9 Å². The molecular weight excluding hydrogens is 270 g/mol. The number of carbonyl (C=O) groups excluding carboxylic acids is 1. The summed E-state index contributed by atoms with van der Waals surface area (Å²) in [6.07, 6.45) is 0. The van der Waals surface area contributed by atoms with Gasteiger partial charge >= 0.3 is 5.97 Å². The standard InChI is InChI=1S/C16H25NO2S/c1-6-17-16(5,15(18)19-7-2)11-20-14-9-8-12(3)10-13(14)4/h8-10,17H,6-7,11H2,1-5H3. The van der Waals surface area contributed by atoms with Crippen molar-refractivity contribution in [3.05, 3.63) is 29.3 Å². The molecule has 0 aromatic heterocycles. The van der Waals surface area contributed by atoms with Crippen LogP contribution in [0.2, 0.25) is 0 Å². The summed E-state index contributed by atoms with van der Waals surface area (Å²) >= 11 is 1.69. The molecule has 0 spiro atoms. The minimum absolute atomic E-state index is 0.181. The van der Waals surface area contributed by atoms with E-state index in [0.717, 1.165) is 6.54 Å². The van der Waals surface area contributed by atoms with Crippen molar-refractivity contribution >= 4 is 17.7 Å². The van der Waals surface area contributed by atoms with E-state index in [1.807, 2.05) is 20.8 Å². The van der Waals surface area contributed by atoms with Gasteiger partial charge in [-0.15, -0.1) is 11.8 Å². The van der Waals surface area contributed by atoms with E-state index < -0.39 is 5.54 Å². The number of nitrogens with one attached hydrogen (secondary N) is 1. The van der Waals surface area contributed by atoms with Crippen LogP contribution in [-0.2, 0) is 9.53 Å². The first kappa shape index (κ1) is 17.1. The number of aryl methyl sites for hydroxylation is 2. The third-order valence-electron chi connectivity index (χ3n) is 3.14. The second-order valence-corrected chi connectivity index (χ2v) is 6.16. The third-order valence-corrected chi connectivity index (χ3v) is 4.63. The molecule has 0 aliphatic heterocycles. The van der Waals surface area contributed by atoms with Crippen LogP contribution in [-0.4, -0.2) is 30.4 Å². The van der Waals surface area contributed by atoms with E-state index in [4.69, 9.17) is 4.74 Å². The summed E-state index contributed by atoms with van der Waals surface area (Å²) in [7, 11) is 0. The van der Waals surface area contributed by atoms with Gasteiger partial charge < -0.3 is 10.1 Å². The molecular formula is C16H25NO2S. The minimum atomic E-state index is -0.646. The van der Waals surface area contributed by atoms with Crippen LogP contribution in [0.25, 0.3) is 0 Å². The van der Waals surface area contributed by atoms with Gasteiger partial charge in [-0.2, -0.15) is 0 Å². The molecule has 1 N–H and O–H groups in total. The Bertz CT molecular complexity index is 462. The van der Waals surface area contributed by atoms with E-state index in [2.05, 4.69) is 37.4 Å². The van der Waals surface area contributed by atoms with E-state index in [1.165, 1.54) is 16.0 Å². The van der Waals surface area contributed by atoms with Gasteiger partial charge in [-0.05, 0) is 45.9 Å². The molecule has 0 saturated heterocycles. The number of thioether (sulfide) groups is 1. The topological polar surface area (TPSA) is 38.3 Å². The van der Waals surface area contributed by atoms with Gasteiger partial charge in [-0.3, -0.25) is 4.79 Å². The van der Waals surface area contributed by atoms with Crippen molar-refractivity contribution in [3.63, 3.8) is 0 Å². The van der Waals surface area contributed by atoms with Crippen molar-refractivity contribution < 1.29 is 9.53 Å². The summed E-state index contributed by atoms with van der Waals surface area (Å²) in [6.45, 7) is 11.1. The normalized spacial score (nSPS) is 13.8. The molecule has 3 nitrogen and oxygen atoms in total. The number of ether oxygens (including phenoxy) is 1. The lowest BCUT2D eigenvalue weighted by atomic mass is 10.1. The monoisotopic (exact) mass is 295 g/mol. The van der Waals surface area contributed by atoms with Crippen molar-refractivity contribution in [2.45, 2.75) is 45.1 Å². The molecule has 1 unspecified atom stereocenters. The number of likely N-dealkylation sites (N-methyl/N-ethyl adjacent to an activating group) is 1. The summed E-state index contributed by atoms with van der Waals surface area (Å²) in [6, 6.07) is 6.38. The molecule has 0 radical (unpaired) electrons. The maximum atomic E-state index is 12.1. The zero-order chi connectivity index (χ0) is 15.2. The summed E-state index contributed by atoms with van der Waals surface area (Å²) < 4.78 is 5.18. The van der Waals surface area contributed by atoms with Crippen LogP contribution in [0.15, 0.2) is 23.1 Å². The van der Waals surface area contributed by atoms with E-state index >= 15 is 0 Å². The first-order chi connectivity index (χ1) is 9.42. The lowest BCUT2D eigenvalue weighted by Crippen LogP contribution is -2.52. The molecule has 0 bridgehead atoms. The highest BCUT2D eigenvalue weighted by molar-refractivity contribution is 7.99. The molecule has 0 saturated carbocycles. The molecule has 20 heavy (non-hydrogen) atoms. The molecule has 1 atom stereocenters. The van der Waals surface area contributed by atoms with Crippen LogP contribution in [0.5, 0.6) is 0 Å². The van der Waals surface area contributed by atoms with Gasteiger partial charge in [0.25, 0.3) is 0 Å². The van der Waals surface area contributed by atoms with Crippen molar-refractivity contribution in [1.82, 2.24) is 5.32 Å². The predicted molar refractivity (Wildman–Crippen MR) is 85.4 cm³/mol. The molecule has 1 aromatic rings. The Morgan fingerprint density at radius 1 is 1.35 bits per heavy atom. The van der Waals surface area contributed by atoms with Crippen molar-refractivity contribution in [3.8, 4) is 0 Å². The highest BCUT2D eigenvalue weighted by atomic mass is 32.2. The van der Waals surface area contributed by atoms with E-state index in [1.54, 1.807) is 11.8 Å². The fourth-order valence-corrected chi connectivity index (χ4v) is 3.16. The Morgan fingerprint density at radius 2 is 2.05 bits per heavy atom. The van der Waals surface area contributed by atoms with Crippen LogP contribution in [0.1, 0.15) is 31.9 Å². The molecule has 0 fully saturated rings. The summed E-state index contributed by atoms with van der Waals surface area (Å²) in [4.78, 5) is 13.3. The van der Waals surface area contributed by atoms with E-state index in [0.29, 0.717) is 12.4 Å². The molecule has 4 heteroatoms. The van der Waals surface area contributed by atoms with Gasteiger partial charge in [0, 0.05) is 10.6 Å². The smallest absolute Gasteiger partial charge is 0.326 e. The lowest BCUT2D eigenvalue weighted by Gasteiger charge is -2.28. The third kappa shape index (κ3) is 4.53. The summed E-state index contributed by atoms with van der Waals surface area (Å²) in [5.74, 6) is 0.475. The average Bonchev–Trinajstić information content (AvgIpc) is 2.38. The van der Waals surface area contributed by atoms with Crippen LogP contribution < -0.4 is 5.32 Å². The molecule has 0 aliphatic rings. The first-order valence-electron chi connectivity index (χ1n) is 7.05. The Balaban J connectivity index is 2.78. The summed E-state index contributed by atoms with van der Waals surface area (Å²) in [5.41, 5.74) is 1.86. The second-order valence-electron chi connectivity index (χ2n) is 5.14. The predicted octanol–water partition coefficient (Wildman–Crippen LogP) is 3.33. The molecule has 0 heterocycles. The van der Waals surface area contributed by atoms with Gasteiger partial charge in [-0.1, -0.05) is 24.6 Å². The van der Waals surface area contributed by atoms with Gasteiger partial charge in [0.05, 0.1) is 6.61 Å². The molecule has 112 valence electrons. The van der Waals surface area contributed by atoms with Crippen LogP contribution in [0, 0.1) is 13.8 Å². The SMILES string of the molecule is CCNC(C)(CSc1ccc(C)cc1C)C(=O)OCC. The van der Waals surface area contributed by atoms with E-state index in [-0.39, 0.29) is 5.97 Å². The second kappa shape index (κ2) is 7.70. The molecule has 0 aliphatic carbocycles. The fourth-order valence-electron chi connectivity index (χ4n) is 2.05. The Kier molecular flexibility index (Phi) is 6.56. The van der Waals surface area contributed by atoms with Gasteiger partial charge in [0.1, 0.15) is 5.54 Å². The van der Waals surface area contributed by atoms with Crippen LogP contribution in [0.3, 0.4) is 0 Å². The van der Waals surface area contributed by atoms with Crippen molar-refractivity contribution in [1.29, 1.82) is 0 Å². The molecule has 0 amide bonds. The average molecular weight is 295 g/mol. The quantitative estimate of drug-likeness (QED) is 0.618. The largest absolute Gasteiger partial charge is 0.465 e. The number of esters is 1. The number of rotatable bonds is 7. The number of hydrogen-bond donors (Lipinski definition) is 1. The lowest BCUT2D eigenvalue weighted by molar-refractivity contribution is -0.149. The highest BCUT2D eigenvalue weighted by Crippen LogP contribution is 2.27. The van der Waals surface area contributed by atoms with Gasteiger partial charge in [0.15, 0.2) is 0 Å². The molecule has 1 aromatic carbocycles.